The largest absolute Gasteiger partial charge is 0.380 e. The number of aromatic nitrogens is 1. The molecule has 0 spiro atoms. The van der Waals surface area contributed by atoms with Crippen molar-refractivity contribution in [2.24, 2.45) is 0 Å². The fourth-order valence-corrected chi connectivity index (χ4v) is 3.44. The van der Waals surface area contributed by atoms with E-state index in [1.807, 2.05) is 6.92 Å². The quantitative estimate of drug-likeness (QED) is 0.772. The number of nitrogens with zero attached hydrogens (tertiary/aromatic N) is 1. The van der Waals surface area contributed by atoms with Gasteiger partial charge in [-0.1, -0.05) is 45.7 Å². The highest BCUT2D eigenvalue weighted by molar-refractivity contribution is 9.10. The van der Waals surface area contributed by atoms with E-state index < -0.39 is 0 Å². The van der Waals surface area contributed by atoms with E-state index in [-0.39, 0.29) is 0 Å². The average Bonchev–Trinajstić information content (AvgIpc) is 2.38. The second-order valence-corrected chi connectivity index (χ2v) is 6.59. The second-order valence-electron chi connectivity index (χ2n) is 5.38. The van der Waals surface area contributed by atoms with Gasteiger partial charge in [0.25, 0.3) is 0 Å². The fourth-order valence-electron chi connectivity index (χ4n) is 2.67. The summed E-state index contributed by atoms with van der Waals surface area (Å²) in [5.41, 5.74) is 3.47. The Morgan fingerprint density at radius 3 is 2.80 bits per heavy atom. The first-order chi connectivity index (χ1) is 9.63. The van der Waals surface area contributed by atoms with Gasteiger partial charge in [-0.15, -0.1) is 0 Å². The Bertz CT molecular complexity index is 624. The first-order valence-electron chi connectivity index (χ1n) is 6.76. The van der Waals surface area contributed by atoms with Crippen LogP contribution in [0.15, 0.2) is 41.0 Å². The maximum absolute atomic E-state index is 6.12. The molecule has 1 heterocycles. The van der Waals surface area contributed by atoms with Gasteiger partial charge in [-0.3, -0.25) is 0 Å². The van der Waals surface area contributed by atoms with Crippen LogP contribution in [0.5, 0.6) is 0 Å². The molecule has 3 rings (SSSR count). The third-order valence-corrected chi connectivity index (χ3v) is 4.84. The molecule has 0 amide bonds. The highest BCUT2D eigenvalue weighted by Gasteiger charge is 2.31. The lowest BCUT2D eigenvalue weighted by Gasteiger charge is -2.37. The van der Waals surface area contributed by atoms with Crippen molar-refractivity contribution < 1.29 is 0 Å². The molecule has 1 N–H and O–H groups in total. The molecule has 0 unspecified atom stereocenters. The number of pyridine rings is 1. The van der Waals surface area contributed by atoms with E-state index in [0.29, 0.717) is 17.1 Å². The summed E-state index contributed by atoms with van der Waals surface area (Å²) in [4.78, 5) is 4.18. The predicted octanol–water partition coefficient (Wildman–Crippen LogP) is 5.16. The summed E-state index contributed by atoms with van der Waals surface area (Å²) in [7, 11) is 0. The molecular weight excluding hydrogens is 336 g/mol. The first kappa shape index (κ1) is 13.9. The van der Waals surface area contributed by atoms with Crippen LogP contribution < -0.4 is 5.32 Å². The Morgan fingerprint density at radius 2 is 2.05 bits per heavy atom. The number of benzene rings is 1. The number of hydrogen-bond donors (Lipinski definition) is 1. The van der Waals surface area contributed by atoms with E-state index in [2.05, 4.69) is 56.6 Å². The van der Waals surface area contributed by atoms with E-state index in [9.17, 15) is 0 Å². The molecule has 1 aromatic heterocycles. The van der Waals surface area contributed by atoms with Crippen molar-refractivity contribution >= 4 is 33.2 Å². The summed E-state index contributed by atoms with van der Waals surface area (Å²) < 4.78 is 1.21. The Labute approximate surface area is 132 Å². The Morgan fingerprint density at radius 1 is 1.30 bits per heavy atom. The highest BCUT2D eigenvalue weighted by Crippen LogP contribution is 2.41. The Hall–Kier alpha value is -1.06. The summed E-state index contributed by atoms with van der Waals surface area (Å²) in [6, 6.07) is 11.0. The van der Waals surface area contributed by atoms with E-state index >= 15 is 0 Å². The predicted molar refractivity (Wildman–Crippen MR) is 87.5 cm³/mol. The molecule has 1 fully saturated rings. The van der Waals surface area contributed by atoms with E-state index in [0.717, 1.165) is 24.1 Å². The van der Waals surface area contributed by atoms with Crippen molar-refractivity contribution in [1.82, 2.24) is 4.98 Å². The lowest BCUT2D eigenvalue weighted by molar-refractivity contribution is 0.373. The van der Waals surface area contributed by atoms with E-state index in [1.165, 1.54) is 10.0 Å². The van der Waals surface area contributed by atoms with Crippen molar-refractivity contribution in [2.45, 2.75) is 31.7 Å². The zero-order valence-electron chi connectivity index (χ0n) is 11.2. The van der Waals surface area contributed by atoms with Gasteiger partial charge in [0.2, 0.25) is 0 Å². The SMILES string of the molecule is Cc1cnc(Cl)c(NC2CC(c3ccccc3Br)C2)c1. The van der Waals surface area contributed by atoms with Crippen LogP contribution in [0.25, 0.3) is 0 Å². The minimum atomic E-state index is 0.480. The minimum absolute atomic E-state index is 0.480. The maximum Gasteiger partial charge on any atom is 0.152 e. The van der Waals surface area contributed by atoms with E-state index in [4.69, 9.17) is 11.6 Å². The summed E-state index contributed by atoms with van der Waals surface area (Å²) in [6.45, 7) is 2.03. The number of hydrogen-bond acceptors (Lipinski definition) is 2. The molecule has 0 aliphatic heterocycles. The lowest BCUT2D eigenvalue weighted by Crippen LogP contribution is -2.34. The second kappa shape index (κ2) is 5.74. The van der Waals surface area contributed by atoms with Crippen molar-refractivity contribution in [2.75, 3.05) is 5.32 Å². The van der Waals surface area contributed by atoms with Gasteiger partial charge >= 0.3 is 0 Å². The molecule has 2 nitrogen and oxygen atoms in total. The molecule has 0 radical (unpaired) electrons. The number of nitrogens with one attached hydrogen (secondary N) is 1. The van der Waals surface area contributed by atoms with Crippen molar-refractivity contribution in [1.29, 1.82) is 0 Å². The molecule has 0 atom stereocenters. The molecule has 104 valence electrons. The zero-order valence-corrected chi connectivity index (χ0v) is 13.6. The highest BCUT2D eigenvalue weighted by atomic mass is 79.9. The molecule has 0 bridgehead atoms. The smallest absolute Gasteiger partial charge is 0.152 e. The number of rotatable bonds is 3. The topological polar surface area (TPSA) is 24.9 Å². The van der Waals surface area contributed by atoms with Gasteiger partial charge in [-0.25, -0.2) is 4.98 Å². The van der Waals surface area contributed by atoms with Crippen molar-refractivity contribution in [3.05, 3.63) is 57.3 Å². The molecule has 1 aromatic carbocycles. The Kier molecular flexibility index (Phi) is 3.99. The monoisotopic (exact) mass is 350 g/mol. The summed E-state index contributed by atoms with van der Waals surface area (Å²) in [5.74, 6) is 0.625. The van der Waals surface area contributed by atoms with Gasteiger partial charge in [0.1, 0.15) is 0 Å². The summed E-state index contributed by atoms with van der Waals surface area (Å²) >= 11 is 9.75. The standard InChI is InChI=1S/C16H16BrClN2/c1-10-6-15(16(18)19-9-10)20-12-7-11(8-12)13-4-2-3-5-14(13)17/h2-6,9,11-12,20H,7-8H2,1H3. The van der Waals surface area contributed by atoms with Crippen LogP contribution in [-0.2, 0) is 0 Å². The molecule has 1 saturated carbocycles. The molecule has 1 aliphatic rings. The third kappa shape index (κ3) is 2.84. The van der Waals surface area contributed by atoms with Crippen LogP contribution in [0.1, 0.15) is 29.9 Å². The van der Waals surface area contributed by atoms with Crippen LogP contribution in [0.3, 0.4) is 0 Å². The van der Waals surface area contributed by atoms with Crippen LogP contribution in [-0.4, -0.2) is 11.0 Å². The van der Waals surface area contributed by atoms with Crippen molar-refractivity contribution in [3.63, 3.8) is 0 Å². The van der Waals surface area contributed by atoms with Gasteiger partial charge in [0, 0.05) is 16.7 Å². The third-order valence-electron chi connectivity index (χ3n) is 3.82. The zero-order chi connectivity index (χ0) is 14.1. The average molecular weight is 352 g/mol. The van der Waals surface area contributed by atoms with Gasteiger partial charge in [0.15, 0.2) is 5.15 Å². The van der Waals surface area contributed by atoms with Gasteiger partial charge in [-0.05, 0) is 48.9 Å². The number of anilines is 1. The van der Waals surface area contributed by atoms with E-state index in [1.54, 1.807) is 6.20 Å². The molecule has 2 aromatic rings. The summed E-state index contributed by atoms with van der Waals surface area (Å²) in [5, 5.41) is 4.05. The van der Waals surface area contributed by atoms with Crippen molar-refractivity contribution in [3.8, 4) is 0 Å². The fraction of sp³-hybridized carbons (Fsp3) is 0.312. The molecule has 4 heteroatoms. The normalized spacial score (nSPS) is 21.4. The molecule has 0 saturated heterocycles. The van der Waals surface area contributed by atoms with Crippen LogP contribution in [0.2, 0.25) is 5.15 Å². The number of aryl methyl sites for hydroxylation is 1. The molecular formula is C16H16BrClN2. The van der Waals surface area contributed by atoms with Crippen LogP contribution in [0, 0.1) is 6.92 Å². The Balaban J connectivity index is 1.64. The van der Waals surface area contributed by atoms with Gasteiger partial charge in [-0.2, -0.15) is 0 Å². The molecule has 20 heavy (non-hydrogen) atoms. The molecule has 1 aliphatic carbocycles. The lowest BCUT2D eigenvalue weighted by atomic mass is 9.76. The van der Waals surface area contributed by atoms with Gasteiger partial charge < -0.3 is 5.32 Å². The minimum Gasteiger partial charge on any atom is -0.380 e. The van der Waals surface area contributed by atoms with Gasteiger partial charge in [0.05, 0.1) is 5.69 Å². The maximum atomic E-state index is 6.12. The van der Waals surface area contributed by atoms with Crippen LogP contribution >= 0.6 is 27.5 Å². The number of halogens is 2. The van der Waals surface area contributed by atoms with Crippen LogP contribution in [0.4, 0.5) is 5.69 Å². The summed E-state index contributed by atoms with van der Waals surface area (Å²) in [6.07, 6.45) is 4.05. The first-order valence-corrected chi connectivity index (χ1v) is 7.93.